The smallest absolute Gasteiger partial charge is 0.0674 e. The van der Waals surface area contributed by atoms with E-state index in [2.05, 4.69) is 62.8 Å². The highest BCUT2D eigenvalue weighted by molar-refractivity contribution is 7.10. The molecule has 2 rings (SSSR count). The molecule has 20 heavy (non-hydrogen) atoms. The second-order valence-electron chi connectivity index (χ2n) is 5.13. The zero-order valence-electron chi connectivity index (χ0n) is 13.0. The van der Waals surface area contributed by atoms with Crippen molar-refractivity contribution < 1.29 is 0 Å². The minimum absolute atomic E-state index is 0.325. The minimum Gasteiger partial charge on any atom is -0.309 e. The van der Waals surface area contributed by atoms with Crippen LogP contribution in [0.1, 0.15) is 53.9 Å². The van der Waals surface area contributed by atoms with Crippen molar-refractivity contribution in [3.63, 3.8) is 0 Å². The topological polar surface area (TPSA) is 12.0 Å². The van der Waals surface area contributed by atoms with Crippen LogP contribution in [-0.2, 0) is 19.3 Å². The summed E-state index contributed by atoms with van der Waals surface area (Å²) in [7, 11) is 2.07. The molecule has 1 aromatic heterocycles. The second-order valence-corrected chi connectivity index (χ2v) is 6.07. The highest BCUT2D eigenvalue weighted by atomic mass is 32.1. The number of hydrogen-bond acceptors (Lipinski definition) is 2. The number of thiophene rings is 1. The van der Waals surface area contributed by atoms with Gasteiger partial charge in [-0.3, -0.25) is 0 Å². The molecule has 108 valence electrons. The van der Waals surface area contributed by atoms with Crippen molar-refractivity contribution in [2.75, 3.05) is 7.05 Å². The van der Waals surface area contributed by atoms with Crippen molar-refractivity contribution in [1.82, 2.24) is 5.32 Å². The fourth-order valence-electron chi connectivity index (χ4n) is 2.78. The molecule has 1 nitrogen and oxygen atoms in total. The summed E-state index contributed by atoms with van der Waals surface area (Å²) in [6.45, 7) is 6.70. The van der Waals surface area contributed by atoms with Gasteiger partial charge in [0.05, 0.1) is 6.04 Å². The molecular weight excluding hydrogens is 262 g/mol. The van der Waals surface area contributed by atoms with E-state index in [4.69, 9.17) is 0 Å². The summed E-state index contributed by atoms with van der Waals surface area (Å²) in [5.74, 6) is 0. The number of nitrogens with one attached hydrogen (secondary N) is 1. The van der Waals surface area contributed by atoms with E-state index in [-0.39, 0.29) is 0 Å². The Bertz CT molecular complexity index is 556. The van der Waals surface area contributed by atoms with Crippen molar-refractivity contribution in [2.24, 2.45) is 0 Å². The van der Waals surface area contributed by atoms with Crippen LogP contribution in [0.15, 0.2) is 29.6 Å². The van der Waals surface area contributed by atoms with Crippen LogP contribution in [0, 0.1) is 0 Å². The van der Waals surface area contributed by atoms with E-state index in [0.29, 0.717) is 6.04 Å². The van der Waals surface area contributed by atoms with Gasteiger partial charge in [0, 0.05) is 4.88 Å². The van der Waals surface area contributed by atoms with Crippen molar-refractivity contribution in [3.05, 3.63) is 56.8 Å². The monoisotopic (exact) mass is 287 g/mol. The predicted molar refractivity (Wildman–Crippen MR) is 89.8 cm³/mol. The zero-order valence-corrected chi connectivity index (χ0v) is 13.8. The predicted octanol–water partition coefficient (Wildman–Crippen LogP) is 4.74. The Morgan fingerprint density at radius 3 is 2.35 bits per heavy atom. The Balaban J connectivity index is 2.50. The molecule has 0 aliphatic rings. The minimum atomic E-state index is 0.325. The average Bonchev–Trinajstić information content (AvgIpc) is 2.96. The van der Waals surface area contributed by atoms with Crippen molar-refractivity contribution in [3.8, 4) is 0 Å². The number of aryl methyl sites for hydroxylation is 3. The van der Waals surface area contributed by atoms with E-state index in [1.165, 1.54) is 27.1 Å². The molecule has 0 saturated heterocycles. The van der Waals surface area contributed by atoms with Crippen LogP contribution < -0.4 is 5.32 Å². The Morgan fingerprint density at radius 1 is 1.00 bits per heavy atom. The second kappa shape index (κ2) is 7.05. The first-order valence-electron chi connectivity index (χ1n) is 7.60. The average molecular weight is 287 g/mol. The lowest BCUT2D eigenvalue weighted by atomic mass is 9.93. The molecule has 2 aromatic rings. The molecule has 0 bridgehead atoms. The normalized spacial score (nSPS) is 12.6. The van der Waals surface area contributed by atoms with Gasteiger partial charge in [-0.15, -0.1) is 11.3 Å². The molecule has 1 atom stereocenters. The molecule has 0 aliphatic heterocycles. The first-order chi connectivity index (χ1) is 9.74. The van der Waals surface area contributed by atoms with Crippen LogP contribution >= 0.6 is 11.3 Å². The summed E-state index contributed by atoms with van der Waals surface area (Å²) in [6.07, 6.45) is 3.29. The SMILES string of the molecule is CCc1ccc(CC)c(C(NC)c2sccc2CC)c1. The van der Waals surface area contributed by atoms with Crippen molar-refractivity contribution in [1.29, 1.82) is 0 Å². The summed E-state index contributed by atoms with van der Waals surface area (Å²) in [5.41, 5.74) is 5.80. The van der Waals surface area contributed by atoms with Gasteiger partial charge >= 0.3 is 0 Å². The summed E-state index contributed by atoms with van der Waals surface area (Å²) in [4.78, 5) is 1.47. The lowest BCUT2D eigenvalue weighted by molar-refractivity contribution is 0.688. The van der Waals surface area contributed by atoms with Gasteiger partial charge < -0.3 is 5.32 Å². The molecule has 1 aromatic carbocycles. The molecule has 0 aliphatic carbocycles. The maximum atomic E-state index is 3.53. The molecule has 2 heteroatoms. The lowest BCUT2D eigenvalue weighted by Gasteiger charge is -2.21. The highest BCUT2D eigenvalue weighted by Crippen LogP contribution is 2.32. The summed E-state index contributed by atoms with van der Waals surface area (Å²) < 4.78 is 0. The molecular formula is C18H25NS. The Labute approximate surface area is 127 Å². The van der Waals surface area contributed by atoms with E-state index >= 15 is 0 Å². The third-order valence-corrected chi connectivity index (χ3v) is 5.05. The number of rotatable bonds is 6. The zero-order chi connectivity index (χ0) is 14.5. The van der Waals surface area contributed by atoms with Crippen LogP contribution in [-0.4, -0.2) is 7.05 Å². The largest absolute Gasteiger partial charge is 0.309 e. The van der Waals surface area contributed by atoms with Crippen LogP contribution in [0.5, 0.6) is 0 Å². The molecule has 1 unspecified atom stereocenters. The fraction of sp³-hybridized carbons (Fsp3) is 0.444. The lowest BCUT2D eigenvalue weighted by Crippen LogP contribution is -2.19. The number of hydrogen-bond donors (Lipinski definition) is 1. The van der Waals surface area contributed by atoms with Crippen molar-refractivity contribution in [2.45, 2.75) is 46.1 Å². The summed E-state index contributed by atoms with van der Waals surface area (Å²) in [5, 5.41) is 5.75. The van der Waals surface area contributed by atoms with Gasteiger partial charge in [0.2, 0.25) is 0 Å². The summed E-state index contributed by atoms with van der Waals surface area (Å²) >= 11 is 1.87. The highest BCUT2D eigenvalue weighted by Gasteiger charge is 2.19. The molecule has 0 amide bonds. The third-order valence-electron chi connectivity index (χ3n) is 4.02. The van der Waals surface area contributed by atoms with Gasteiger partial charge in [0.1, 0.15) is 0 Å². The first-order valence-corrected chi connectivity index (χ1v) is 8.48. The molecule has 1 N–H and O–H groups in total. The molecule has 0 radical (unpaired) electrons. The Morgan fingerprint density at radius 2 is 1.75 bits per heavy atom. The summed E-state index contributed by atoms with van der Waals surface area (Å²) in [6, 6.07) is 9.55. The Kier molecular flexibility index (Phi) is 5.38. The first kappa shape index (κ1) is 15.3. The Hall–Kier alpha value is -1.12. The number of benzene rings is 1. The maximum absolute atomic E-state index is 3.53. The van der Waals surface area contributed by atoms with Crippen LogP contribution in [0.3, 0.4) is 0 Å². The van der Waals surface area contributed by atoms with Gasteiger partial charge in [0.15, 0.2) is 0 Å². The van der Waals surface area contributed by atoms with E-state index in [0.717, 1.165) is 19.3 Å². The molecule has 1 heterocycles. The van der Waals surface area contributed by atoms with E-state index < -0.39 is 0 Å². The van der Waals surface area contributed by atoms with Gasteiger partial charge in [-0.25, -0.2) is 0 Å². The van der Waals surface area contributed by atoms with Gasteiger partial charge in [-0.05, 0) is 60.0 Å². The quantitative estimate of drug-likeness (QED) is 0.809. The standard InChI is InChI=1S/C18H25NS/c1-5-13-8-9-14(6-2)16(12-13)17(19-4)18-15(7-3)10-11-20-18/h8-12,17,19H,5-7H2,1-4H3. The molecule has 0 fully saturated rings. The third kappa shape index (κ3) is 2.97. The van der Waals surface area contributed by atoms with Gasteiger partial charge in [-0.2, -0.15) is 0 Å². The maximum Gasteiger partial charge on any atom is 0.0674 e. The van der Waals surface area contributed by atoms with Gasteiger partial charge in [-0.1, -0.05) is 39.0 Å². The van der Waals surface area contributed by atoms with Crippen LogP contribution in [0.2, 0.25) is 0 Å². The molecule has 0 spiro atoms. The van der Waals surface area contributed by atoms with E-state index in [1.54, 1.807) is 0 Å². The van der Waals surface area contributed by atoms with Crippen molar-refractivity contribution >= 4 is 11.3 Å². The van der Waals surface area contributed by atoms with Gasteiger partial charge in [0.25, 0.3) is 0 Å². The van der Waals surface area contributed by atoms with Crippen LogP contribution in [0.25, 0.3) is 0 Å². The van der Waals surface area contributed by atoms with E-state index in [9.17, 15) is 0 Å². The van der Waals surface area contributed by atoms with Crippen LogP contribution in [0.4, 0.5) is 0 Å². The fourth-order valence-corrected chi connectivity index (χ4v) is 3.90. The molecule has 0 saturated carbocycles. The van der Waals surface area contributed by atoms with E-state index in [1.807, 2.05) is 11.3 Å².